The third kappa shape index (κ3) is 2.21. The van der Waals surface area contributed by atoms with Gasteiger partial charge in [-0.05, 0) is 18.6 Å². The summed E-state index contributed by atoms with van der Waals surface area (Å²) in [4.78, 5) is 0. The zero-order valence-electron chi connectivity index (χ0n) is 10.6. The lowest BCUT2D eigenvalue weighted by Crippen LogP contribution is -2.17. The highest BCUT2D eigenvalue weighted by molar-refractivity contribution is 6.31. The van der Waals surface area contributed by atoms with E-state index in [1.807, 2.05) is 32.2 Å². The summed E-state index contributed by atoms with van der Waals surface area (Å²) in [7, 11) is 3.46. The van der Waals surface area contributed by atoms with Crippen LogP contribution in [-0.2, 0) is 7.05 Å². The monoisotopic (exact) mass is 265 g/mol. The van der Waals surface area contributed by atoms with E-state index in [2.05, 4.69) is 5.10 Å². The van der Waals surface area contributed by atoms with Gasteiger partial charge in [-0.2, -0.15) is 5.10 Å². The number of methoxy groups -OCH3 is 1. The molecule has 1 heterocycles. The fourth-order valence-electron chi connectivity index (χ4n) is 1.99. The maximum atomic E-state index is 6.26. The SMILES string of the molecule is COc1cc(C)ccc1C(N)c1c(Cl)cnn1C. The summed E-state index contributed by atoms with van der Waals surface area (Å²) in [5.74, 6) is 0.764. The molecule has 1 aromatic heterocycles. The van der Waals surface area contributed by atoms with Crippen molar-refractivity contribution in [1.29, 1.82) is 0 Å². The number of rotatable bonds is 3. The zero-order valence-corrected chi connectivity index (χ0v) is 11.4. The van der Waals surface area contributed by atoms with E-state index in [-0.39, 0.29) is 6.04 Å². The van der Waals surface area contributed by atoms with E-state index in [9.17, 15) is 0 Å². The van der Waals surface area contributed by atoms with Crippen molar-refractivity contribution in [3.8, 4) is 5.75 Å². The molecule has 0 spiro atoms. The fraction of sp³-hybridized carbons (Fsp3) is 0.308. The van der Waals surface area contributed by atoms with Gasteiger partial charge < -0.3 is 10.5 Å². The molecule has 1 atom stereocenters. The third-order valence-electron chi connectivity index (χ3n) is 2.96. The van der Waals surface area contributed by atoms with Crippen molar-refractivity contribution in [3.63, 3.8) is 0 Å². The molecule has 2 rings (SSSR count). The Morgan fingerprint density at radius 1 is 1.44 bits per heavy atom. The van der Waals surface area contributed by atoms with Gasteiger partial charge in [-0.3, -0.25) is 4.68 Å². The van der Waals surface area contributed by atoms with Gasteiger partial charge in [0.25, 0.3) is 0 Å². The summed E-state index contributed by atoms with van der Waals surface area (Å²) in [6.45, 7) is 2.01. The van der Waals surface area contributed by atoms with Crippen LogP contribution in [0.5, 0.6) is 5.75 Å². The molecule has 18 heavy (non-hydrogen) atoms. The lowest BCUT2D eigenvalue weighted by atomic mass is 10.0. The molecule has 0 radical (unpaired) electrons. The first kappa shape index (κ1) is 12.9. The molecule has 0 aliphatic carbocycles. The number of halogens is 1. The molecular weight excluding hydrogens is 250 g/mol. The van der Waals surface area contributed by atoms with Gasteiger partial charge in [0.1, 0.15) is 5.75 Å². The molecule has 0 fully saturated rings. The van der Waals surface area contributed by atoms with Crippen LogP contribution in [-0.4, -0.2) is 16.9 Å². The number of nitrogens with zero attached hydrogens (tertiary/aromatic N) is 2. The van der Waals surface area contributed by atoms with Crippen LogP contribution < -0.4 is 10.5 Å². The minimum Gasteiger partial charge on any atom is -0.496 e. The van der Waals surface area contributed by atoms with Crippen LogP contribution in [0.1, 0.15) is 22.9 Å². The standard InChI is InChI=1S/C13H16ClN3O/c1-8-4-5-9(11(6-8)18-3)12(15)13-10(14)7-16-17(13)2/h4-7,12H,15H2,1-3H3. The lowest BCUT2D eigenvalue weighted by molar-refractivity contribution is 0.406. The molecule has 2 aromatic rings. The first-order valence-corrected chi connectivity index (χ1v) is 6.00. The number of hydrogen-bond acceptors (Lipinski definition) is 3. The third-order valence-corrected chi connectivity index (χ3v) is 3.25. The maximum Gasteiger partial charge on any atom is 0.124 e. The van der Waals surface area contributed by atoms with Gasteiger partial charge in [-0.25, -0.2) is 0 Å². The second kappa shape index (κ2) is 5.00. The van der Waals surface area contributed by atoms with Crippen LogP contribution in [0.4, 0.5) is 0 Å². The van der Waals surface area contributed by atoms with Crippen LogP contribution in [0.15, 0.2) is 24.4 Å². The van der Waals surface area contributed by atoms with Crippen LogP contribution in [0.2, 0.25) is 5.02 Å². The smallest absolute Gasteiger partial charge is 0.124 e. The quantitative estimate of drug-likeness (QED) is 0.927. The topological polar surface area (TPSA) is 53.1 Å². The summed E-state index contributed by atoms with van der Waals surface area (Å²) >= 11 is 6.11. The van der Waals surface area contributed by atoms with Crippen molar-refractivity contribution >= 4 is 11.6 Å². The Morgan fingerprint density at radius 3 is 2.72 bits per heavy atom. The molecule has 0 saturated carbocycles. The zero-order chi connectivity index (χ0) is 13.3. The molecule has 0 saturated heterocycles. The van der Waals surface area contributed by atoms with E-state index in [4.69, 9.17) is 22.1 Å². The predicted molar refractivity (Wildman–Crippen MR) is 72.0 cm³/mol. The molecule has 0 aliphatic rings. The molecule has 5 heteroatoms. The number of aromatic nitrogens is 2. The van der Waals surface area contributed by atoms with Crippen molar-refractivity contribution < 1.29 is 4.74 Å². The Bertz CT molecular complexity index is 546. The summed E-state index contributed by atoms with van der Waals surface area (Å²) in [5, 5.41) is 4.66. The van der Waals surface area contributed by atoms with E-state index in [0.717, 1.165) is 22.6 Å². The van der Waals surface area contributed by atoms with Crippen molar-refractivity contribution in [3.05, 3.63) is 46.2 Å². The van der Waals surface area contributed by atoms with Crippen LogP contribution in [0.3, 0.4) is 0 Å². The Morgan fingerprint density at radius 2 is 2.17 bits per heavy atom. The molecule has 1 unspecified atom stereocenters. The Kier molecular flexibility index (Phi) is 3.59. The fourth-order valence-corrected chi connectivity index (χ4v) is 2.28. The average molecular weight is 266 g/mol. The molecule has 2 N–H and O–H groups in total. The van der Waals surface area contributed by atoms with Crippen LogP contribution in [0.25, 0.3) is 0 Å². The number of ether oxygens (including phenoxy) is 1. The summed E-state index contributed by atoms with van der Waals surface area (Å²) in [6, 6.07) is 5.56. The summed E-state index contributed by atoms with van der Waals surface area (Å²) < 4.78 is 7.06. The van der Waals surface area contributed by atoms with Gasteiger partial charge in [0.05, 0.1) is 30.1 Å². The number of aryl methyl sites for hydroxylation is 2. The molecule has 4 nitrogen and oxygen atoms in total. The highest BCUT2D eigenvalue weighted by Crippen LogP contribution is 2.32. The van der Waals surface area contributed by atoms with Crippen molar-refractivity contribution in [2.24, 2.45) is 12.8 Å². The number of benzene rings is 1. The first-order valence-electron chi connectivity index (χ1n) is 5.62. The van der Waals surface area contributed by atoms with Gasteiger partial charge in [-0.1, -0.05) is 23.7 Å². The second-order valence-corrected chi connectivity index (χ2v) is 4.63. The Labute approximate surface area is 111 Å². The Hall–Kier alpha value is -1.52. The predicted octanol–water partition coefficient (Wildman–Crippen LogP) is 2.44. The van der Waals surface area contributed by atoms with E-state index in [1.165, 1.54) is 0 Å². The minimum absolute atomic E-state index is 0.361. The summed E-state index contributed by atoms with van der Waals surface area (Å²) in [5.41, 5.74) is 9.06. The molecule has 1 aromatic carbocycles. The van der Waals surface area contributed by atoms with Crippen molar-refractivity contribution in [1.82, 2.24) is 9.78 Å². The normalized spacial score (nSPS) is 12.5. The first-order chi connectivity index (χ1) is 8.54. The van der Waals surface area contributed by atoms with E-state index >= 15 is 0 Å². The highest BCUT2D eigenvalue weighted by Gasteiger charge is 2.20. The van der Waals surface area contributed by atoms with Crippen molar-refractivity contribution in [2.45, 2.75) is 13.0 Å². The van der Waals surface area contributed by atoms with E-state index in [0.29, 0.717) is 5.02 Å². The van der Waals surface area contributed by atoms with Gasteiger partial charge in [-0.15, -0.1) is 0 Å². The molecular formula is C13H16ClN3O. The molecule has 0 aliphatic heterocycles. The van der Waals surface area contributed by atoms with Gasteiger partial charge >= 0.3 is 0 Å². The van der Waals surface area contributed by atoms with E-state index < -0.39 is 0 Å². The lowest BCUT2D eigenvalue weighted by Gasteiger charge is -2.17. The molecule has 96 valence electrons. The van der Waals surface area contributed by atoms with Gasteiger partial charge in [0.15, 0.2) is 0 Å². The van der Waals surface area contributed by atoms with Gasteiger partial charge in [0, 0.05) is 12.6 Å². The second-order valence-electron chi connectivity index (χ2n) is 4.22. The number of nitrogens with two attached hydrogens (primary N) is 1. The average Bonchev–Trinajstić information content (AvgIpc) is 2.68. The van der Waals surface area contributed by atoms with E-state index in [1.54, 1.807) is 18.0 Å². The Balaban J connectivity index is 2.49. The summed E-state index contributed by atoms with van der Waals surface area (Å²) in [6.07, 6.45) is 1.59. The van der Waals surface area contributed by atoms with Crippen molar-refractivity contribution in [2.75, 3.05) is 7.11 Å². The minimum atomic E-state index is -0.361. The largest absolute Gasteiger partial charge is 0.496 e. The molecule has 0 bridgehead atoms. The van der Waals surface area contributed by atoms with Crippen LogP contribution in [0, 0.1) is 6.92 Å². The molecule has 0 amide bonds. The maximum absolute atomic E-state index is 6.26. The van der Waals surface area contributed by atoms with Gasteiger partial charge in [0.2, 0.25) is 0 Å². The highest BCUT2D eigenvalue weighted by atomic mass is 35.5. The number of hydrogen-bond donors (Lipinski definition) is 1. The van der Waals surface area contributed by atoms with Crippen LogP contribution >= 0.6 is 11.6 Å².